The van der Waals surface area contributed by atoms with Gasteiger partial charge < -0.3 is 20.5 Å². The van der Waals surface area contributed by atoms with E-state index in [4.69, 9.17) is 25.8 Å². The summed E-state index contributed by atoms with van der Waals surface area (Å²) in [6.45, 7) is 4.92. The standard InChI is InChI=1S/C26H27N5O3.C2H4O2/c27-24(28)19-8-10-20(11-9-19)31-17-21(34-26(31)33)16-29-12-14-30(15-13-29)25(32)23-7-3-5-18-4-1-2-6-22(18)23;1-2(3)4/h1-11,21H,12-17H2,(H3,27,28);1H3,(H,3,4). The summed E-state index contributed by atoms with van der Waals surface area (Å²) in [6, 6.07) is 20.8. The molecule has 0 saturated carbocycles. The number of carbonyl (C=O) groups excluding carboxylic acids is 2. The molecular weight excluding hydrogens is 486 g/mol. The number of benzene rings is 3. The number of amides is 2. The number of carboxylic acids is 1. The zero-order valence-electron chi connectivity index (χ0n) is 21.2. The molecule has 38 heavy (non-hydrogen) atoms. The first-order valence-electron chi connectivity index (χ1n) is 12.3. The molecule has 0 spiro atoms. The number of aliphatic carboxylic acids is 1. The van der Waals surface area contributed by atoms with Crippen molar-refractivity contribution in [3.05, 3.63) is 77.9 Å². The van der Waals surface area contributed by atoms with Gasteiger partial charge in [0.05, 0.1) is 6.54 Å². The van der Waals surface area contributed by atoms with Gasteiger partial charge in [-0.3, -0.25) is 24.8 Å². The Kier molecular flexibility index (Phi) is 8.22. The number of hydrogen-bond donors (Lipinski definition) is 3. The van der Waals surface area contributed by atoms with Gasteiger partial charge in [0.2, 0.25) is 0 Å². The summed E-state index contributed by atoms with van der Waals surface area (Å²) in [5.74, 6) is -0.782. The van der Waals surface area contributed by atoms with Crippen LogP contribution in [0, 0.1) is 5.41 Å². The first-order valence-corrected chi connectivity index (χ1v) is 12.3. The van der Waals surface area contributed by atoms with E-state index in [1.54, 1.807) is 29.2 Å². The van der Waals surface area contributed by atoms with E-state index in [1.165, 1.54) is 0 Å². The highest BCUT2D eigenvalue weighted by Gasteiger charge is 2.34. The highest BCUT2D eigenvalue weighted by atomic mass is 16.6. The van der Waals surface area contributed by atoms with Gasteiger partial charge in [-0.25, -0.2) is 4.79 Å². The summed E-state index contributed by atoms with van der Waals surface area (Å²) in [5.41, 5.74) is 7.58. The van der Waals surface area contributed by atoms with Crippen LogP contribution in [0.15, 0.2) is 66.7 Å². The molecule has 10 heteroatoms. The molecule has 10 nitrogen and oxygen atoms in total. The minimum absolute atomic E-state index is 0.00787. The number of fused-ring (bicyclic) bond motifs is 1. The number of cyclic esters (lactones) is 1. The predicted octanol–water partition coefficient (Wildman–Crippen LogP) is 3.00. The van der Waals surface area contributed by atoms with Crippen molar-refractivity contribution in [3.63, 3.8) is 0 Å². The van der Waals surface area contributed by atoms with Crippen LogP contribution in [0.1, 0.15) is 22.8 Å². The lowest BCUT2D eigenvalue weighted by Gasteiger charge is -2.35. The van der Waals surface area contributed by atoms with E-state index < -0.39 is 5.97 Å². The molecule has 2 aliphatic heterocycles. The first kappa shape index (κ1) is 26.6. The molecule has 0 radical (unpaired) electrons. The topological polar surface area (TPSA) is 140 Å². The van der Waals surface area contributed by atoms with Crippen molar-refractivity contribution in [3.8, 4) is 0 Å². The smallest absolute Gasteiger partial charge is 0.414 e. The number of anilines is 1. The molecule has 198 valence electrons. The Bertz CT molecular complexity index is 1330. The third kappa shape index (κ3) is 6.27. The Labute approximate surface area is 220 Å². The number of hydrogen-bond acceptors (Lipinski definition) is 6. The maximum absolute atomic E-state index is 13.2. The van der Waals surface area contributed by atoms with Crippen molar-refractivity contribution in [2.24, 2.45) is 5.73 Å². The van der Waals surface area contributed by atoms with Crippen LogP contribution in [-0.2, 0) is 9.53 Å². The van der Waals surface area contributed by atoms with Crippen LogP contribution in [0.3, 0.4) is 0 Å². The third-order valence-electron chi connectivity index (χ3n) is 6.51. The monoisotopic (exact) mass is 517 g/mol. The average Bonchev–Trinajstić information content (AvgIpc) is 3.27. The van der Waals surface area contributed by atoms with Crippen molar-refractivity contribution in [1.82, 2.24) is 9.80 Å². The van der Waals surface area contributed by atoms with Crippen LogP contribution < -0.4 is 10.6 Å². The lowest BCUT2D eigenvalue weighted by atomic mass is 10.0. The van der Waals surface area contributed by atoms with Gasteiger partial charge in [0, 0.05) is 56.5 Å². The fourth-order valence-corrected chi connectivity index (χ4v) is 4.65. The van der Waals surface area contributed by atoms with E-state index in [0.29, 0.717) is 31.7 Å². The molecule has 0 aromatic heterocycles. The molecule has 3 aromatic rings. The van der Waals surface area contributed by atoms with Gasteiger partial charge in [0.1, 0.15) is 11.9 Å². The normalized spacial score (nSPS) is 17.5. The molecule has 1 unspecified atom stereocenters. The SMILES string of the molecule is CC(=O)O.N=C(N)c1ccc(N2CC(CN3CCN(C(=O)c4cccc5ccccc45)CC3)OC2=O)cc1. The lowest BCUT2D eigenvalue weighted by molar-refractivity contribution is -0.134. The maximum atomic E-state index is 13.2. The number of nitrogens with two attached hydrogens (primary N) is 1. The number of carbonyl (C=O) groups is 3. The molecule has 4 N–H and O–H groups in total. The summed E-state index contributed by atoms with van der Waals surface area (Å²) in [4.78, 5) is 40.4. The number of amidine groups is 1. The van der Waals surface area contributed by atoms with Crippen molar-refractivity contribution in [1.29, 1.82) is 5.41 Å². The Morgan fingerprint density at radius 3 is 2.29 bits per heavy atom. The van der Waals surface area contributed by atoms with Gasteiger partial charge in [-0.1, -0.05) is 36.4 Å². The second-order valence-corrected chi connectivity index (χ2v) is 9.22. The quantitative estimate of drug-likeness (QED) is 0.349. The zero-order valence-corrected chi connectivity index (χ0v) is 21.2. The van der Waals surface area contributed by atoms with E-state index >= 15 is 0 Å². The van der Waals surface area contributed by atoms with E-state index in [2.05, 4.69) is 4.90 Å². The lowest BCUT2D eigenvalue weighted by Crippen LogP contribution is -2.50. The third-order valence-corrected chi connectivity index (χ3v) is 6.51. The van der Waals surface area contributed by atoms with Crippen LogP contribution in [0.5, 0.6) is 0 Å². The summed E-state index contributed by atoms with van der Waals surface area (Å²) in [5, 5.41) is 17.0. The molecule has 2 amide bonds. The van der Waals surface area contributed by atoms with Crippen molar-refractivity contribution >= 4 is 40.3 Å². The minimum Gasteiger partial charge on any atom is -0.481 e. The van der Waals surface area contributed by atoms with Gasteiger partial charge in [0.15, 0.2) is 0 Å². The molecular formula is C28H31N5O5. The molecule has 2 heterocycles. The molecule has 2 aliphatic rings. The Balaban J connectivity index is 0.000000786. The van der Waals surface area contributed by atoms with Crippen LogP contribution >= 0.6 is 0 Å². The number of nitrogen functional groups attached to an aromatic ring is 1. The van der Waals surface area contributed by atoms with E-state index in [-0.39, 0.29) is 23.9 Å². The van der Waals surface area contributed by atoms with Gasteiger partial charge in [-0.15, -0.1) is 0 Å². The maximum Gasteiger partial charge on any atom is 0.414 e. The summed E-state index contributed by atoms with van der Waals surface area (Å²) in [6.07, 6.45) is -0.606. The van der Waals surface area contributed by atoms with Crippen LogP contribution in [0.25, 0.3) is 10.8 Å². The summed E-state index contributed by atoms with van der Waals surface area (Å²) in [7, 11) is 0. The van der Waals surface area contributed by atoms with Gasteiger partial charge in [-0.2, -0.15) is 0 Å². The molecule has 1 atom stereocenters. The van der Waals surface area contributed by atoms with Crippen molar-refractivity contribution in [2.75, 3.05) is 44.2 Å². The number of nitrogens with one attached hydrogen (secondary N) is 1. The Morgan fingerprint density at radius 1 is 1.00 bits per heavy atom. The van der Waals surface area contributed by atoms with Crippen LogP contribution in [0.4, 0.5) is 10.5 Å². The Morgan fingerprint density at radius 2 is 1.63 bits per heavy atom. The van der Waals surface area contributed by atoms with Crippen LogP contribution in [-0.4, -0.2) is 84.1 Å². The Hall–Kier alpha value is -4.44. The molecule has 5 rings (SSSR count). The molecule has 2 fully saturated rings. The van der Waals surface area contributed by atoms with Crippen LogP contribution in [0.2, 0.25) is 0 Å². The fraction of sp³-hybridized carbons (Fsp3) is 0.286. The minimum atomic E-state index is -0.833. The van der Waals surface area contributed by atoms with E-state index in [1.807, 2.05) is 47.4 Å². The molecule has 2 saturated heterocycles. The molecule has 0 bridgehead atoms. The highest BCUT2D eigenvalue weighted by molar-refractivity contribution is 6.07. The van der Waals surface area contributed by atoms with Gasteiger partial charge in [-0.05, 0) is 41.1 Å². The van der Waals surface area contributed by atoms with Gasteiger partial charge >= 0.3 is 6.09 Å². The predicted molar refractivity (Wildman–Crippen MR) is 145 cm³/mol. The zero-order chi connectivity index (χ0) is 27.2. The number of ether oxygens (including phenoxy) is 1. The fourth-order valence-electron chi connectivity index (χ4n) is 4.65. The van der Waals surface area contributed by atoms with Crippen molar-refractivity contribution in [2.45, 2.75) is 13.0 Å². The second-order valence-electron chi connectivity index (χ2n) is 9.22. The molecule has 3 aromatic carbocycles. The average molecular weight is 518 g/mol. The first-order chi connectivity index (χ1) is 18.2. The van der Waals surface area contributed by atoms with E-state index in [0.717, 1.165) is 42.0 Å². The van der Waals surface area contributed by atoms with Crippen molar-refractivity contribution < 1.29 is 24.2 Å². The second kappa shape index (κ2) is 11.7. The number of nitrogens with zero attached hydrogens (tertiary/aromatic N) is 3. The summed E-state index contributed by atoms with van der Waals surface area (Å²) >= 11 is 0. The van der Waals surface area contributed by atoms with Gasteiger partial charge in [0.25, 0.3) is 11.9 Å². The number of rotatable bonds is 5. The number of piperazine rings is 1. The summed E-state index contributed by atoms with van der Waals surface area (Å²) < 4.78 is 5.60. The largest absolute Gasteiger partial charge is 0.481 e. The highest BCUT2D eigenvalue weighted by Crippen LogP contribution is 2.24. The molecule has 0 aliphatic carbocycles. The van der Waals surface area contributed by atoms with E-state index in [9.17, 15) is 9.59 Å². The number of carboxylic acid groups (broad SMARTS) is 1.